The highest BCUT2D eigenvalue weighted by Gasteiger charge is 2.14. The number of nitrogens with one attached hydrogen (secondary N) is 1. The third-order valence-electron chi connectivity index (χ3n) is 4.82. The van der Waals surface area contributed by atoms with E-state index < -0.39 is 0 Å². The van der Waals surface area contributed by atoms with Gasteiger partial charge < -0.3 is 10.1 Å². The van der Waals surface area contributed by atoms with E-state index in [2.05, 4.69) is 56.8 Å². The number of rotatable bonds is 7. The lowest BCUT2D eigenvalue weighted by Gasteiger charge is -2.15. The Hall–Kier alpha value is -3.41. The van der Waals surface area contributed by atoms with Gasteiger partial charge in [-0.2, -0.15) is 14.6 Å². The van der Waals surface area contributed by atoms with Crippen LogP contribution in [0.5, 0.6) is 5.75 Å². The zero-order valence-electron chi connectivity index (χ0n) is 16.1. The van der Waals surface area contributed by atoms with Crippen LogP contribution in [0.4, 0.5) is 5.82 Å². The van der Waals surface area contributed by atoms with Crippen LogP contribution in [0.15, 0.2) is 60.9 Å². The molecule has 6 nitrogen and oxygen atoms in total. The van der Waals surface area contributed by atoms with Gasteiger partial charge >= 0.3 is 0 Å². The number of nitrogens with zero attached hydrogens (tertiary/aromatic N) is 4. The number of fused-ring (bicyclic) bond motifs is 1. The van der Waals surface area contributed by atoms with Crippen molar-refractivity contribution < 1.29 is 4.74 Å². The van der Waals surface area contributed by atoms with Crippen LogP contribution in [0.1, 0.15) is 22.4 Å². The Morgan fingerprint density at radius 3 is 2.54 bits per heavy atom. The fourth-order valence-corrected chi connectivity index (χ4v) is 3.30. The Kier molecular flexibility index (Phi) is 5.19. The molecule has 0 saturated heterocycles. The molecule has 0 fully saturated rings. The number of hydrogen-bond acceptors (Lipinski definition) is 5. The third-order valence-corrected chi connectivity index (χ3v) is 4.82. The van der Waals surface area contributed by atoms with Crippen LogP contribution in [0.2, 0.25) is 0 Å². The van der Waals surface area contributed by atoms with Gasteiger partial charge in [-0.05, 0) is 36.6 Å². The topological polar surface area (TPSA) is 64.3 Å². The second-order valence-electron chi connectivity index (χ2n) is 6.68. The average Bonchev–Trinajstić information content (AvgIpc) is 3.19. The van der Waals surface area contributed by atoms with Crippen LogP contribution >= 0.6 is 0 Å². The van der Waals surface area contributed by atoms with Gasteiger partial charge in [0.2, 0.25) is 0 Å². The lowest BCUT2D eigenvalue weighted by molar-refractivity contribution is 0.414. The van der Waals surface area contributed by atoms with E-state index in [1.54, 1.807) is 18.0 Å². The molecule has 0 amide bonds. The summed E-state index contributed by atoms with van der Waals surface area (Å²) in [6.45, 7) is 2.81. The molecule has 0 saturated carbocycles. The largest absolute Gasteiger partial charge is 0.497 e. The van der Waals surface area contributed by atoms with Crippen molar-refractivity contribution in [3.8, 4) is 5.75 Å². The Morgan fingerprint density at radius 2 is 1.79 bits per heavy atom. The molecule has 0 aliphatic rings. The molecule has 0 atom stereocenters. The Labute approximate surface area is 164 Å². The van der Waals surface area contributed by atoms with Gasteiger partial charge in [0, 0.05) is 24.2 Å². The Bertz CT molecular complexity index is 1060. The molecule has 0 aliphatic carbocycles. The van der Waals surface area contributed by atoms with E-state index >= 15 is 0 Å². The number of aryl methyl sites for hydroxylation is 1. The third kappa shape index (κ3) is 3.81. The van der Waals surface area contributed by atoms with Gasteiger partial charge in [-0.25, -0.2) is 4.98 Å². The lowest BCUT2D eigenvalue weighted by Crippen LogP contribution is -2.14. The van der Waals surface area contributed by atoms with Gasteiger partial charge in [-0.15, -0.1) is 0 Å². The minimum Gasteiger partial charge on any atom is -0.497 e. The summed E-state index contributed by atoms with van der Waals surface area (Å²) in [6, 6.07) is 18.6. The summed E-state index contributed by atoms with van der Waals surface area (Å²) in [5.74, 6) is 2.44. The maximum Gasteiger partial charge on any atom is 0.254 e. The van der Waals surface area contributed by atoms with Crippen LogP contribution in [-0.4, -0.2) is 33.2 Å². The average molecular weight is 373 g/mol. The van der Waals surface area contributed by atoms with Gasteiger partial charge in [-0.3, -0.25) is 0 Å². The highest BCUT2D eigenvalue weighted by atomic mass is 16.5. The fraction of sp³-hybridized carbons (Fsp3) is 0.227. The van der Waals surface area contributed by atoms with Crippen LogP contribution in [0.3, 0.4) is 0 Å². The summed E-state index contributed by atoms with van der Waals surface area (Å²) in [5, 5.41) is 7.94. The van der Waals surface area contributed by atoms with E-state index in [1.807, 2.05) is 25.1 Å². The van der Waals surface area contributed by atoms with Crippen molar-refractivity contribution in [1.82, 2.24) is 19.6 Å². The van der Waals surface area contributed by atoms with E-state index in [-0.39, 0.29) is 0 Å². The standard InChI is InChI=1S/C22H23N5O/c1-16-20(14-18-6-4-3-5-7-18)21(27-22(26-16)24-15-25-27)23-13-12-17-8-10-19(28-2)11-9-17/h3-11,15,23H,12-14H2,1-2H3. The van der Waals surface area contributed by atoms with Gasteiger partial charge in [0.1, 0.15) is 17.9 Å². The first-order valence-corrected chi connectivity index (χ1v) is 9.34. The number of anilines is 1. The summed E-state index contributed by atoms with van der Waals surface area (Å²) in [5.41, 5.74) is 4.60. The SMILES string of the molecule is COc1ccc(CCNc2c(Cc3ccccc3)c(C)nc3ncnn23)cc1. The van der Waals surface area contributed by atoms with E-state index in [0.717, 1.165) is 42.2 Å². The predicted octanol–water partition coefficient (Wildman–Crippen LogP) is 3.69. The molecular formula is C22H23N5O. The van der Waals surface area contributed by atoms with Crippen LogP contribution < -0.4 is 10.1 Å². The van der Waals surface area contributed by atoms with E-state index in [9.17, 15) is 0 Å². The maximum absolute atomic E-state index is 5.23. The first-order valence-electron chi connectivity index (χ1n) is 9.34. The Morgan fingerprint density at radius 1 is 1.00 bits per heavy atom. The summed E-state index contributed by atoms with van der Waals surface area (Å²) in [7, 11) is 1.68. The molecule has 4 aromatic rings. The first kappa shape index (κ1) is 18.0. The van der Waals surface area contributed by atoms with Gasteiger partial charge in [-0.1, -0.05) is 42.5 Å². The minimum absolute atomic E-state index is 0.612. The summed E-state index contributed by atoms with van der Waals surface area (Å²) >= 11 is 0. The van der Waals surface area contributed by atoms with E-state index in [4.69, 9.17) is 4.74 Å². The number of aromatic nitrogens is 4. The molecule has 2 aromatic carbocycles. The molecular weight excluding hydrogens is 350 g/mol. The summed E-state index contributed by atoms with van der Waals surface area (Å²) in [6.07, 6.45) is 3.23. The molecule has 0 bridgehead atoms. The van der Waals surface area contributed by atoms with E-state index in [1.165, 1.54) is 11.1 Å². The lowest BCUT2D eigenvalue weighted by atomic mass is 10.0. The summed E-state index contributed by atoms with van der Waals surface area (Å²) < 4.78 is 7.02. The smallest absolute Gasteiger partial charge is 0.254 e. The van der Waals surface area contributed by atoms with Gasteiger partial charge in [0.15, 0.2) is 0 Å². The zero-order valence-corrected chi connectivity index (χ0v) is 16.1. The van der Waals surface area contributed by atoms with Gasteiger partial charge in [0.05, 0.1) is 7.11 Å². The van der Waals surface area contributed by atoms with Crippen LogP contribution in [0, 0.1) is 6.92 Å². The molecule has 0 spiro atoms. The minimum atomic E-state index is 0.612. The molecule has 1 N–H and O–H groups in total. The van der Waals surface area contributed by atoms with Crippen molar-refractivity contribution in [3.05, 3.63) is 83.3 Å². The Balaban J connectivity index is 1.58. The molecule has 142 valence electrons. The number of methoxy groups -OCH3 is 1. The quantitative estimate of drug-likeness (QED) is 0.535. The molecule has 4 rings (SSSR count). The monoisotopic (exact) mass is 373 g/mol. The number of benzene rings is 2. The molecule has 28 heavy (non-hydrogen) atoms. The fourth-order valence-electron chi connectivity index (χ4n) is 3.30. The normalized spacial score (nSPS) is 10.9. The second-order valence-corrected chi connectivity index (χ2v) is 6.68. The highest BCUT2D eigenvalue weighted by Crippen LogP contribution is 2.23. The molecule has 2 aromatic heterocycles. The predicted molar refractivity (Wildman–Crippen MR) is 110 cm³/mol. The van der Waals surface area contributed by atoms with E-state index in [0.29, 0.717) is 5.78 Å². The molecule has 2 heterocycles. The maximum atomic E-state index is 5.23. The van der Waals surface area contributed by atoms with Crippen molar-refractivity contribution in [3.63, 3.8) is 0 Å². The molecule has 0 unspecified atom stereocenters. The van der Waals surface area contributed by atoms with Gasteiger partial charge in [0.25, 0.3) is 5.78 Å². The van der Waals surface area contributed by atoms with Crippen molar-refractivity contribution in [2.24, 2.45) is 0 Å². The zero-order chi connectivity index (χ0) is 19.3. The first-order chi connectivity index (χ1) is 13.7. The number of hydrogen-bond donors (Lipinski definition) is 1. The molecule has 0 radical (unpaired) electrons. The van der Waals surface area contributed by atoms with Crippen molar-refractivity contribution in [1.29, 1.82) is 0 Å². The number of ether oxygens (including phenoxy) is 1. The summed E-state index contributed by atoms with van der Waals surface area (Å²) in [4.78, 5) is 8.87. The van der Waals surface area contributed by atoms with Crippen molar-refractivity contribution in [2.75, 3.05) is 19.0 Å². The van der Waals surface area contributed by atoms with Crippen molar-refractivity contribution in [2.45, 2.75) is 19.8 Å². The highest BCUT2D eigenvalue weighted by molar-refractivity contribution is 5.54. The molecule has 0 aliphatic heterocycles. The second kappa shape index (κ2) is 8.08. The van der Waals surface area contributed by atoms with Crippen LogP contribution in [0.25, 0.3) is 5.78 Å². The van der Waals surface area contributed by atoms with Crippen LogP contribution in [-0.2, 0) is 12.8 Å². The van der Waals surface area contributed by atoms with Crippen molar-refractivity contribution >= 4 is 11.6 Å². The molecule has 6 heteroatoms.